The van der Waals surface area contributed by atoms with Crippen LogP contribution in [0.15, 0.2) is 24.3 Å². The van der Waals surface area contributed by atoms with E-state index in [1.165, 1.54) is 24.3 Å². The van der Waals surface area contributed by atoms with Crippen molar-refractivity contribution in [2.75, 3.05) is 6.54 Å². The van der Waals surface area contributed by atoms with Gasteiger partial charge in [-0.2, -0.15) is 0 Å². The molecule has 92 valence electrons. The fraction of sp³-hybridized carbons (Fsp3) is 0.100. The lowest BCUT2D eigenvalue weighted by molar-refractivity contribution is -0.135. The Kier molecular flexibility index (Phi) is 5.98. The molecule has 7 nitrogen and oxygen atoms in total. The van der Waals surface area contributed by atoms with E-state index in [0.29, 0.717) is 0 Å². The molecule has 0 aliphatic heterocycles. The Morgan fingerprint density at radius 3 is 1.24 bits per heavy atom. The Morgan fingerprint density at radius 1 is 0.882 bits per heavy atom. The Balaban J connectivity index is 0.000000437. The van der Waals surface area contributed by atoms with Gasteiger partial charge >= 0.3 is 17.9 Å². The molecular weight excluding hydrogens is 230 g/mol. The van der Waals surface area contributed by atoms with E-state index in [1.807, 2.05) is 0 Å². The van der Waals surface area contributed by atoms with Crippen molar-refractivity contribution in [3.63, 3.8) is 0 Å². The second-order valence-corrected chi connectivity index (χ2v) is 2.79. The fourth-order valence-corrected chi connectivity index (χ4v) is 0.755. The minimum Gasteiger partial charge on any atom is -0.480 e. The van der Waals surface area contributed by atoms with Gasteiger partial charge in [-0.15, -0.1) is 0 Å². The van der Waals surface area contributed by atoms with E-state index in [-0.39, 0.29) is 17.7 Å². The van der Waals surface area contributed by atoms with E-state index in [1.54, 1.807) is 0 Å². The predicted molar refractivity (Wildman–Crippen MR) is 57.1 cm³/mol. The summed E-state index contributed by atoms with van der Waals surface area (Å²) in [6.45, 7) is -0.278. The van der Waals surface area contributed by atoms with Crippen molar-refractivity contribution in [2.24, 2.45) is 5.73 Å². The summed E-state index contributed by atoms with van der Waals surface area (Å²) >= 11 is 0. The quantitative estimate of drug-likeness (QED) is 0.589. The number of aliphatic carboxylic acids is 1. The lowest BCUT2D eigenvalue weighted by atomic mass is 10.1. The standard InChI is InChI=1S/C8H6O4.C2H5NO2/c9-7(10)5-1-2-6(4-3-5)8(11)12;3-1-2(4)5/h1-4H,(H,9,10)(H,11,12);1,3H2,(H,4,5). The second-order valence-electron chi connectivity index (χ2n) is 2.79. The number of rotatable bonds is 3. The zero-order valence-electron chi connectivity index (χ0n) is 8.66. The minimum atomic E-state index is -1.06. The molecule has 7 heteroatoms. The Morgan fingerprint density at radius 2 is 1.12 bits per heavy atom. The van der Waals surface area contributed by atoms with Crippen LogP contribution in [0.5, 0.6) is 0 Å². The van der Waals surface area contributed by atoms with Crippen LogP contribution >= 0.6 is 0 Å². The van der Waals surface area contributed by atoms with Crippen molar-refractivity contribution in [1.82, 2.24) is 0 Å². The number of hydrogen-bond donors (Lipinski definition) is 4. The Bertz CT molecular complexity index is 378. The summed E-state index contributed by atoms with van der Waals surface area (Å²) in [6, 6.07) is 5.02. The topological polar surface area (TPSA) is 138 Å². The van der Waals surface area contributed by atoms with Crippen molar-refractivity contribution in [3.05, 3.63) is 35.4 Å². The van der Waals surface area contributed by atoms with Crippen LogP contribution in [0.3, 0.4) is 0 Å². The van der Waals surface area contributed by atoms with E-state index in [9.17, 15) is 14.4 Å². The first-order valence-electron chi connectivity index (χ1n) is 4.37. The van der Waals surface area contributed by atoms with Gasteiger partial charge in [0.05, 0.1) is 17.7 Å². The van der Waals surface area contributed by atoms with Gasteiger partial charge in [0.2, 0.25) is 0 Å². The predicted octanol–water partition coefficient (Wildman–Crippen LogP) is 0.113. The highest BCUT2D eigenvalue weighted by molar-refractivity contribution is 5.91. The summed E-state index contributed by atoms with van der Waals surface area (Å²) < 4.78 is 0. The molecule has 0 saturated heterocycles. The van der Waals surface area contributed by atoms with Gasteiger partial charge in [0.1, 0.15) is 0 Å². The zero-order valence-corrected chi connectivity index (χ0v) is 8.66. The maximum absolute atomic E-state index is 10.3. The second kappa shape index (κ2) is 6.96. The normalized spacial score (nSPS) is 8.76. The minimum absolute atomic E-state index is 0.0833. The van der Waals surface area contributed by atoms with Gasteiger partial charge in [0.15, 0.2) is 0 Å². The third-order valence-corrected chi connectivity index (χ3v) is 1.55. The molecule has 0 aliphatic rings. The van der Waals surface area contributed by atoms with Gasteiger partial charge in [-0.05, 0) is 24.3 Å². The fourth-order valence-electron chi connectivity index (χ4n) is 0.755. The number of carboxylic acids is 3. The number of aromatic carboxylic acids is 2. The molecule has 0 heterocycles. The first kappa shape index (κ1) is 14.6. The largest absolute Gasteiger partial charge is 0.480 e. The molecular formula is C10H11NO6. The smallest absolute Gasteiger partial charge is 0.335 e. The molecule has 1 rings (SSSR count). The summed E-state index contributed by atoms with van der Waals surface area (Å²) in [7, 11) is 0. The van der Waals surface area contributed by atoms with Crippen molar-refractivity contribution >= 4 is 17.9 Å². The van der Waals surface area contributed by atoms with Crippen LogP contribution in [0.4, 0.5) is 0 Å². The Labute approximate surface area is 96.1 Å². The van der Waals surface area contributed by atoms with Gasteiger partial charge in [-0.3, -0.25) is 4.79 Å². The van der Waals surface area contributed by atoms with Crippen LogP contribution < -0.4 is 5.73 Å². The third-order valence-electron chi connectivity index (χ3n) is 1.55. The van der Waals surface area contributed by atoms with Crippen molar-refractivity contribution < 1.29 is 29.7 Å². The molecule has 1 aromatic carbocycles. The maximum atomic E-state index is 10.3. The summed E-state index contributed by atoms with van der Waals surface area (Å²) in [5.74, 6) is -3.09. The highest BCUT2D eigenvalue weighted by atomic mass is 16.4. The van der Waals surface area contributed by atoms with E-state index >= 15 is 0 Å². The molecule has 0 saturated carbocycles. The van der Waals surface area contributed by atoms with Gasteiger partial charge in [0.25, 0.3) is 0 Å². The molecule has 1 aromatic rings. The molecule has 0 unspecified atom stereocenters. The number of nitrogens with two attached hydrogens (primary N) is 1. The van der Waals surface area contributed by atoms with Gasteiger partial charge in [-0.25, -0.2) is 9.59 Å². The summed E-state index contributed by atoms with van der Waals surface area (Å²) in [4.78, 5) is 29.9. The average Bonchev–Trinajstić information content (AvgIpc) is 2.29. The molecule has 0 radical (unpaired) electrons. The van der Waals surface area contributed by atoms with E-state index in [2.05, 4.69) is 5.73 Å². The van der Waals surface area contributed by atoms with E-state index < -0.39 is 17.9 Å². The molecule has 0 aliphatic carbocycles. The molecule has 5 N–H and O–H groups in total. The summed E-state index contributed by atoms with van der Waals surface area (Å²) in [5, 5.41) is 24.5. The van der Waals surface area contributed by atoms with Gasteiger partial charge in [-0.1, -0.05) is 0 Å². The monoisotopic (exact) mass is 241 g/mol. The van der Waals surface area contributed by atoms with Crippen molar-refractivity contribution in [1.29, 1.82) is 0 Å². The molecule has 0 atom stereocenters. The highest BCUT2D eigenvalue weighted by Gasteiger charge is 2.04. The molecule has 0 amide bonds. The number of carbonyl (C=O) groups is 3. The zero-order chi connectivity index (χ0) is 13.4. The van der Waals surface area contributed by atoms with Crippen LogP contribution in [0, 0.1) is 0 Å². The van der Waals surface area contributed by atoms with Crippen LogP contribution in [0.25, 0.3) is 0 Å². The number of benzene rings is 1. The first-order chi connectivity index (χ1) is 7.88. The van der Waals surface area contributed by atoms with Crippen LogP contribution in [0.2, 0.25) is 0 Å². The first-order valence-corrected chi connectivity index (χ1v) is 4.37. The van der Waals surface area contributed by atoms with Crippen molar-refractivity contribution in [2.45, 2.75) is 0 Å². The van der Waals surface area contributed by atoms with Crippen LogP contribution in [0.1, 0.15) is 20.7 Å². The lowest BCUT2D eigenvalue weighted by Crippen LogP contribution is -2.10. The lowest BCUT2D eigenvalue weighted by Gasteiger charge is -1.94. The molecule has 17 heavy (non-hydrogen) atoms. The molecule has 0 bridgehead atoms. The number of hydrogen-bond acceptors (Lipinski definition) is 4. The van der Waals surface area contributed by atoms with E-state index in [4.69, 9.17) is 15.3 Å². The summed E-state index contributed by atoms with van der Waals surface area (Å²) in [5.41, 5.74) is 4.74. The summed E-state index contributed by atoms with van der Waals surface area (Å²) in [6.07, 6.45) is 0. The van der Waals surface area contributed by atoms with Crippen molar-refractivity contribution in [3.8, 4) is 0 Å². The SMILES string of the molecule is NCC(=O)O.O=C(O)c1ccc(C(=O)O)cc1. The third kappa shape index (κ3) is 5.90. The molecule has 0 aromatic heterocycles. The average molecular weight is 241 g/mol. The maximum Gasteiger partial charge on any atom is 0.335 e. The van der Waals surface area contributed by atoms with Crippen LogP contribution in [-0.4, -0.2) is 39.8 Å². The number of carboxylic acid groups (broad SMARTS) is 3. The van der Waals surface area contributed by atoms with E-state index in [0.717, 1.165) is 0 Å². The van der Waals surface area contributed by atoms with Gasteiger partial charge in [0, 0.05) is 0 Å². The van der Waals surface area contributed by atoms with Gasteiger partial charge < -0.3 is 21.1 Å². The molecule has 0 fully saturated rings. The van der Waals surface area contributed by atoms with Crippen LogP contribution in [-0.2, 0) is 4.79 Å². The molecule has 0 spiro atoms. The Hall–Kier alpha value is -2.41. The highest BCUT2D eigenvalue weighted by Crippen LogP contribution is 2.03.